The maximum Gasteiger partial charge on any atom is 0.232 e. The Morgan fingerprint density at radius 1 is 1.36 bits per heavy atom. The Hall–Kier alpha value is -2.44. The van der Waals surface area contributed by atoms with Crippen molar-refractivity contribution in [2.75, 3.05) is 25.1 Å². The Morgan fingerprint density at radius 3 is 2.80 bits per heavy atom. The molecule has 1 aromatic heterocycles. The quantitative estimate of drug-likeness (QED) is 0.873. The number of carbonyl (C=O) groups is 1. The third kappa shape index (κ3) is 3.97. The Morgan fingerprint density at radius 2 is 2.16 bits per heavy atom. The zero-order valence-electron chi connectivity index (χ0n) is 14.3. The normalized spacial score (nSPS) is 16.2. The Bertz CT molecular complexity index is 728. The van der Waals surface area contributed by atoms with E-state index in [1.807, 2.05) is 37.3 Å². The zero-order chi connectivity index (χ0) is 17.7. The molecule has 0 unspecified atom stereocenters. The number of ether oxygens (including phenoxy) is 2. The molecule has 1 aromatic carbocycles. The van der Waals surface area contributed by atoms with Crippen LogP contribution in [-0.2, 0) is 9.53 Å². The van der Waals surface area contributed by atoms with Gasteiger partial charge in [0.2, 0.25) is 5.91 Å². The number of hydrogen-bond acceptors (Lipinski definition) is 5. The summed E-state index contributed by atoms with van der Waals surface area (Å²) in [5, 5.41) is 2.99. The van der Waals surface area contributed by atoms with Crippen LogP contribution in [0.4, 0.5) is 5.69 Å². The largest absolute Gasteiger partial charge is 0.455 e. The molecule has 25 heavy (non-hydrogen) atoms. The molecule has 1 fully saturated rings. The summed E-state index contributed by atoms with van der Waals surface area (Å²) >= 11 is 0. The Kier molecular flexibility index (Phi) is 5.31. The van der Waals surface area contributed by atoms with E-state index in [2.05, 4.69) is 10.3 Å². The van der Waals surface area contributed by atoms with Crippen LogP contribution in [0.2, 0.25) is 0 Å². The SMILES string of the molecule is Cc1cc(NC(=O)C2(CN)CCOCC2)ccc1Oc1cccnc1. The first-order valence-electron chi connectivity index (χ1n) is 8.41. The highest BCUT2D eigenvalue weighted by molar-refractivity contribution is 5.95. The summed E-state index contributed by atoms with van der Waals surface area (Å²) in [5.41, 5.74) is 7.01. The lowest BCUT2D eigenvalue weighted by Gasteiger charge is -2.34. The van der Waals surface area contributed by atoms with E-state index in [1.165, 1.54) is 0 Å². The van der Waals surface area contributed by atoms with Gasteiger partial charge >= 0.3 is 0 Å². The van der Waals surface area contributed by atoms with Gasteiger partial charge in [-0.2, -0.15) is 0 Å². The fraction of sp³-hybridized carbons (Fsp3) is 0.368. The molecule has 2 aromatic rings. The molecule has 3 N–H and O–H groups in total. The van der Waals surface area contributed by atoms with E-state index in [9.17, 15) is 4.79 Å². The van der Waals surface area contributed by atoms with Gasteiger partial charge in [-0.1, -0.05) is 0 Å². The lowest BCUT2D eigenvalue weighted by Crippen LogP contribution is -2.46. The van der Waals surface area contributed by atoms with Crippen molar-refractivity contribution in [3.8, 4) is 11.5 Å². The average Bonchev–Trinajstić information content (AvgIpc) is 2.65. The molecule has 3 rings (SSSR count). The highest BCUT2D eigenvalue weighted by Gasteiger charge is 2.38. The van der Waals surface area contributed by atoms with E-state index in [4.69, 9.17) is 15.2 Å². The lowest BCUT2D eigenvalue weighted by molar-refractivity contribution is -0.130. The fourth-order valence-electron chi connectivity index (χ4n) is 2.93. The van der Waals surface area contributed by atoms with Gasteiger partial charge < -0.3 is 20.5 Å². The van der Waals surface area contributed by atoms with E-state index in [1.54, 1.807) is 12.4 Å². The molecular weight excluding hydrogens is 318 g/mol. The Labute approximate surface area is 147 Å². The summed E-state index contributed by atoms with van der Waals surface area (Å²) in [6.45, 7) is 3.40. The van der Waals surface area contributed by atoms with Gasteiger partial charge in [0.05, 0.1) is 11.6 Å². The van der Waals surface area contributed by atoms with Crippen LogP contribution in [0.15, 0.2) is 42.7 Å². The summed E-state index contributed by atoms with van der Waals surface area (Å²) in [7, 11) is 0. The van der Waals surface area contributed by atoms with Crippen molar-refractivity contribution in [1.29, 1.82) is 0 Å². The van der Waals surface area contributed by atoms with E-state index in [-0.39, 0.29) is 5.91 Å². The molecule has 1 amide bonds. The molecule has 0 aliphatic carbocycles. The minimum atomic E-state index is -0.545. The summed E-state index contributed by atoms with van der Waals surface area (Å²) in [5.74, 6) is 1.36. The van der Waals surface area contributed by atoms with Crippen molar-refractivity contribution >= 4 is 11.6 Å². The first-order valence-corrected chi connectivity index (χ1v) is 8.41. The number of hydrogen-bond donors (Lipinski definition) is 2. The number of amides is 1. The van der Waals surface area contributed by atoms with Crippen molar-refractivity contribution < 1.29 is 14.3 Å². The van der Waals surface area contributed by atoms with Crippen molar-refractivity contribution in [2.24, 2.45) is 11.1 Å². The molecule has 0 spiro atoms. The minimum Gasteiger partial charge on any atom is -0.455 e. The molecule has 0 bridgehead atoms. The molecule has 0 saturated carbocycles. The van der Waals surface area contributed by atoms with E-state index < -0.39 is 5.41 Å². The number of nitrogens with two attached hydrogens (primary N) is 1. The van der Waals surface area contributed by atoms with Crippen LogP contribution in [0.3, 0.4) is 0 Å². The fourth-order valence-corrected chi connectivity index (χ4v) is 2.93. The van der Waals surface area contributed by atoms with Gasteiger partial charge in [-0.05, 0) is 55.7 Å². The van der Waals surface area contributed by atoms with Crippen LogP contribution in [0, 0.1) is 12.3 Å². The van der Waals surface area contributed by atoms with Gasteiger partial charge in [0, 0.05) is 31.6 Å². The van der Waals surface area contributed by atoms with E-state index >= 15 is 0 Å². The van der Waals surface area contributed by atoms with Gasteiger partial charge in [-0.3, -0.25) is 9.78 Å². The van der Waals surface area contributed by atoms with Crippen molar-refractivity contribution in [3.63, 3.8) is 0 Å². The molecule has 2 heterocycles. The second kappa shape index (κ2) is 7.63. The van der Waals surface area contributed by atoms with Crippen LogP contribution in [0.25, 0.3) is 0 Å². The molecule has 1 aliphatic rings. The third-order valence-electron chi connectivity index (χ3n) is 4.62. The molecule has 6 heteroatoms. The first-order chi connectivity index (χ1) is 12.1. The zero-order valence-corrected chi connectivity index (χ0v) is 14.3. The number of aromatic nitrogens is 1. The maximum atomic E-state index is 12.7. The monoisotopic (exact) mass is 341 g/mol. The van der Waals surface area contributed by atoms with Gasteiger partial charge in [-0.15, -0.1) is 0 Å². The predicted octanol–water partition coefficient (Wildman–Crippen LogP) is 2.88. The van der Waals surface area contributed by atoms with Gasteiger partial charge in [-0.25, -0.2) is 0 Å². The van der Waals surface area contributed by atoms with Gasteiger partial charge in [0.15, 0.2) is 0 Å². The summed E-state index contributed by atoms with van der Waals surface area (Å²) < 4.78 is 11.2. The lowest BCUT2D eigenvalue weighted by atomic mass is 9.79. The number of rotatable bonds is 5. The van der Waals surface area contributed by atoms with Crippen LogP contribution >= 0.6 is 0 Å². The number of nitrogens with one attached hydrogen (secondary N) is 1. The number of benzene rings is 1. The predicted molar refractivity (Wildman–Crippen MR) is 95.7 cm³/mol. The molecule has 132 valence electrons. The molecule has 6 nitrogen and oxygen atoms in total. The van der Waals surface area contributed by atoms with Crippen LogP contribution in [0.5, 0.6) is 11.5 Å². The van der Waals surface area contributed by atoms with Crippen LogP contribution in [0.1, 0.15) is 18.4 Å². The highest BCUT2D eigenvalue weighted by atomic mass is 16.5. The van der Waals surface area contributed by atoms with Crippen molar-refractivity contribution in [3.05, 3.63) is 48.3 Å². The molecule has 0 atom stereocenters. The van der Waals surface area contributed by atoms with E-state index in [0.717, 1.165) is 17.0 Å². The van der Waals surface area contributed by atoms with Gasteiger partial charge in [0.25, 0.3) is 0 Å². The second-order valence-corrected chi connectivity index (χ2v) is 6.32. The molecular formula is C19H23N3O3. The van der Waals surface area contributed by atoms with Crippen molar-refractivity contribution in [1.82, 2.24) is 4.98 Å². The molecule has 0 radical (unpaired) electrons. The number of aryl methyl sites for hydroxylation is 1. The summed E-state index contributed by atoms with van der Waals surface area (Å²) in [6, 6.07) is 9.24. The van der Waals surface area contributed by atoms with Gasteiger partial charge in [0.1, 0.15) is 11.5 Å². The number of pyridine rings is 1. The standard InChI is InChI=1S/C19H23N3O3/c1-14-11-15(4-5-17(14)25-16-3-2-8-21-12-16)22-18(23)19(13-20)6-9-24-10-7-19/h2-5,8,11-12H,6-7,9-10,13,20H2,1H3,(H,22,23). The molecule has 1 saturated heterocycles. The summed E-state index contributed by atoms with van der Waals surface area (Å²) in [4.78, 5) is 16.8. The third-order valence-corrected chi connectivity index (χ3v) is 4.62. The molecule has 1 aliphatic heterocycles. The highest BCUT2D eigenvalue weighted by Crippen LogP contribution is 2.32. The summed E-state index contributed by atoms with van der Waals surface area (Å²) in [6.07, 6.45) is 4.65. The van der Waals surface area contributed by atoms with Crippen LogP contribution in [-0.4, -0.2) is 30.6 Å². The van der Waals surface area contributed by atoms with E-state index in [0.29, 0.717) is 38.3 Å². The number of nitrogens with zero attached hydrogens (tertiary/aromatic N) is 1. The second-order valence-electron chi connectivity index (χ2n) is 6.32. The number of anilines is 1. The maximum absolute atomic E-state index is 12.7. The topological polar surface area (TPSA) is 86.5 Å². The van der Waals surface area contributed by atoms with Crippen LogP contribution < -0.4 is 15.8 Å². The first kappa shape index (κ1) is 17.4. The average molecular weight is 341 g/mol. The number of carbonyl (C=O) groups excluding carboxylic acids is 1. The Balaban J connectivity index is 1.71. The smallest absolute Gasteiger partial charge is 0.232 e. The van der Waals surface area contributed by atoms with Crippen molar-refractivity contribution in [2.45, 2.75) is 19.8 Å². The minimum absolute atomic E-state index is 0.0429.